The largest absolute Gasteiger partial charge is 0.322 e. The highest BCUT2D eigenvalue weighted by Gasteiger charge is 2.47. The summed E-state index contributed by atoms with van der Waals surface area (Å²) >= 11 is 0. The molecule has 0 bridgehead atoms. The van der Waals surface area contributed by atoms with E-state index in [1.54, 1.807) is 0 Å². The van der Waals surface area contributed by atoms with Crippen molar-refractivity contribution in [1.82, 2.24) is 0 Å². The first-order chi connectivity index (χ1) is 15.2. The fraction of sp³-hybridized carbons (Fsp3) is 0.0714. The van der Waals surface area contributed by atoms with Crippen LogP contribution in [0.5, 0.6) is 0 Å². The molecule has 0 N–H and O–H groups in total. The maximum Gasteiger partial charge on any atom is 0.207 e. The average Bonchev–Trinajstić information content (AvgIpc) is 2.87. The zero-order valence-electron chi connectivity index (χ0n) is 16.8. The standard InChI is InChI=1S/C28H20N2O/c29-21-27(23-13-5-1-6-14-23,24-15-7-2-8-16-24)31-28(22-30,25-17-9-3-10-18-25)26-19-11-4-12-20-26/h1-20H. The maximum absolute atomic E-state index is 10.6. The summed E-state index contributed by atoms with van der Waals surface area (Å²) in [6.07, 6.45) is 0. The lowest BCUT2D eigenvalue weighted by molar-refractivity contribution is -0.0629. The molecular weight excluding hydrogens is 380 g/mol. The molecule has 0 aromatic heterocycles. The summed E-state index contributed by atoms with van der Waals surface area (Å²) in [5, 5.41) is 21.1. The molecule has 0 atom stereocenters. The highest BCUT2D eigenvalue weighted by molar-refractivity contribution is 5.48. The lowest BCUT2D eigenvalue weighted by atomic mass is 9.82. The molecule has 0 fully saturated rings. The second kappa shape index (κ2) is 8.67. The second-order valence-corrected chi connectivity index (χ2v) is 7.15. The van der Waals surface area contributed by atoms with E-state index in [0.717, 1.165) is 0 Å². The predicted molar refractivity (Wildman–Crippen MR) is 120 cm³/mol. The molecule has 0 radical (unpaired) electrons. The fourth-order valence-electron chi connectivity index (χ4n) is 3.79. The zero-order chi connectivity index (χ0) is 21.6. The smallest absolute Gasteiger partial charge is 0.207 e. The summed E-state index contributed by atoms with van der Waals surface area (Å²) in [4.78, 5) is 0. The van der Waals surface area contributed by atoms with Crippen molar-refractivity contribution in [3.8, 4) is 12.1 Å². The molecule has 0 heterocycles. The quantitative estimate of drug-likeness (QED) is 0.403. The van der Waals surface area contributed by atoms with Crippen LogP contribution in [0.25, 0.3) is 0 Å². The van der Waals surface area contributed by atoms with Gasteiger partial charge in [0.25, 0.3) is 0 Å². The van der Waals surface area contributed by atoms with Crippen molar-refractivity contribution in [3.63, 3.8) is 0 Å². The SMILES string of the molecule is N#CC(OC(C#N)(c1ccccc1)c1ccccc1)(c1ccccc1)c1ccccc1. The highest BCUT2D eigenvalue weighted by Crippen LogP contribution is 2.44. The van der Waals surface area contributed by atoms with Gasteiger partial charge in [0.05, 0.1) is 0 Å². The molecule has 4 aromatic rings. The van der Waals surface area contributed by atoms with E-state index >= 15 is 0 Å². The topological polar surface area (TPSA) is 56.8 Å². The van der Waals surface area contributed by atoms with Gasteiger partial charge in [-0.1, -0.05) is 121 Å². The van der Waals surface area contributed by atoms with Crippen LogP contribution in [-0.4, -0.2) is 0 Å². The fourth-order valence-corrected chi connectivity index (χ4v) is 3.79. The third-order valence-electron chi connectivity index (χ3n) is 5.34. The average molecular weight is 400 g/mol. The summed E-state index contributed by atoms with van der Waals surface area (Å²) in [7, 11) is 0. The van der Waals surface area contributed by atoms with Crippen LogP contribution in [0.1, 0.15) is 22.3 Å². The summed E-state index contributed by atoms with van der Waals surface area (Å²) in [6, 6.07) is 42.2. The van der Waals surface area contributed by atoms with Crippen LogP contribution >= 0.6 is 0 Å². The number of benzene rings is 4. The van der Waals surface area contributed by atoms with Crippen LogP contribution in [0.4, 0.5) is 0 Å². The van der Waals surface area contributed by atoms with Crippen molar-refractivity contribution >= 4 is 0 Å². The molecule has 0 saturated heterocycles. The number of hydrogen-bond donors (Lipinski definition) is 0. The van der Waals surface area contributed by atoms with Crippen molar-refractivity contribution in [2.24, 2.45) is 0 Å². The molecule has 0 unspecified atom stereocenters. The number of nitriles is 2. The van der Waals surface area contributed by atoms with Crippen molar-refractivity contribution in [2.75, 3.05) is 0 Å². The maximum atomic E-state index is 10.6. The Morgan fingerprint density at radius 2 is 0.645 bits per heavy atom. The minimum absolute atomic E-state index is 0.662. The Bertz CT molecular complexity index is 1030. The normalized spacial score (nSPS) is 11.3. The van der Waals surface area contributed by atoms with Gasteiger partial charge in [0.1, 0.15) is 12.1 Å². The summed E-state index contributed by atoms with van der Waals surface area (Å²) in [5.41, 5.74) is -0.343. The molecular formula is C28H20N2O. The Morgan fingerprint density at radius 1 is 0.419 bits per heavy atom. The van der Waals surface area contributed by atoms with Gasteiger partial charge in [-0.05, 0) is 0 Å². The molecule has 0 aliphatic carbocycles. The van der Waals surface area contributed by atoms with E-state index in [1.807, 2.05) is 121 Å². The van der Waals surface area contributed by atoms with Gasteiger partial charge in [-0.25, -0.2) is 0 Å². The lowest BCUT2D eigenvalue weighted by Gasteiger charge is -2.38. The molecule has 0 amide bonds. The number of hydrogen-bond acceptors (Lipinski definition) is 3. The van der Waals surface area contributed by atoms with Crippen LogP contribution in [0.2, 0.25) is 0 Å². The lowest BCUT2D eigenvalue weighted by Crippen LogP contribution is -2.41. The summed E-state index contributed by atoms with van der Waals surface area (Å²) in [6.45, 7) is 0. The van der Waals surface area contributed by atoms with Gasteiger partial charge in [0.2, 0.25) is 11.2 Å². The monoisotopic (exact) mass is 400 g/mol. The number of ether oxygens (including phenoxy) is 1. The highest BCUT2D eigenvalue weighted by atomic mass is 16.5. The van der Waals surface area contributed by atoms with Gasteiger partial charge in [-0.3, -0.25) is 0 Å². The van der Waals surface area contributed by atoms with Crippen LogP contribution < -0.4 is 0 Å². The first kappa shape index (κ1) is 20.1. The molecule has 31 heavy (non-hydrogen) atoms. The zero-order valence-corrected chi connectivity index (χ0v) is 16.8. The van der Waals surface area contributed by atoms with E-state index < -0.39 is 11.2 Å². The molecule has 0 aliphatic heterocycles. The van der Waals surface area contributed by atoms with E-state index in [1.165, 1.54) is 0 Å². The van der Waals surface area contributed by atoms with Crippen molar-refractivity contribution in [1.29, 1.82) is 10.5 Å². The first-order valence-corrected chi connectivity index (χ1v) is 10.00. The van der Waals surface area contributed by atoms with E-state index in [9.17, 15) is 10.5 Å². The second-order valence-electron chi connectivity index (χ2n) is 7.15. The molecule has 0 aliphatic rings. The third kappa shape index (κ3) is 3.60. The van der Waals surface area contributed by atoms with Crippen LogP contribution in [0.15, 0.2) is 121 Å². The summed E-state index contributed by atoms with van der Waals surface area (Å²) < 4.78 is 6.75. The Balaban J connectivity index is 2.01. The van der Waals surface area contributed by atoms with Gasteiger partial charge in [0, 0.05) is 22.3 Å². The molecule has 0 saturated carbocycles. The van der Waals surface area contributed by atoms with E-state index in [0.29, 0.717) is 22.3 Å². The summed E-state index contributed by atoms with van der Waals surface area (Å²) in [5.74, 6) is 0. The first-order valence-electron chi connectivity index (χ1n) is 10.00. The van der Waals surface area contributed by atoms with E-state index in [4.69, 9.17) is 4.74 Å². The van der Waals surface area contributed by atoms with Crippen LogP contribution in [-0.2, 0) is 15.9 Å². The van der Waals surface area contributed by atoms with E-state index in [-0.39, 0.29) is 0 Å². The Labute approximate surface area is 182 Å². The third-order valence-corrected chi connectivity index (χ3v) is 5.34. The Kier molecular flexibility index (Phi) is 5.63. The molecule has 3 heteroatoms. The molecule has 4 rings (SSSR count). The molecule has 148 valence electrons. The Morgan fingerprint density at radius 3 is 0.839 bits per heavy atom. The predicted octanol–water partition coefficient (Wildman–Crippen LogP) is 5.94. The molecule has 3 nitrogen and oxygen atoms in total. The molecule has 0 spiro atoms. The van der Waals surface area contributed by atoms with Crippen molar-refractivity contribution < 1.29 is 4.74 Å². The van der Waals surface area contributed by atoms with E-state index in [2.05, 4.69) is 12.1 Å². The van der Waals surface area contributed by atoms with Gasteiger partial charge >= 0.3 is 0 Å². The van der Waals surface area contributed by atoms with Gasteiger partial charge < -0.3 is 4.74 Å². The van der Waals surface area contributed by atoms with Gasteiger partial charge in [0.15, 0.2) is 0 Å². The van der Waals surface area contributed by atoms with Gasteiger partial charge in [-0.2, -0.15) is 10.5 Å². The van der Waals surface area contributed by atoms with Crippen molar-refractivity contribution in [2.45, 2.75) is 11.2 Å². The van der Waals surface area contributed by atoms with Crippen molar-refractivity contribution in [3.05, 3.63) is 144 Å². The molecule has 4 aromatic carbocycles. The van der Waals surface area contributed by atoms with Crippen LogP contribution in [0.3, 0.4) is 0 Å². The number of rotatable bonds is 6. The number of nitrogens with zero attached hydrogens (tertiary/aromatic N) is 2. The minimum atomic E-state index is -1.50. The van der Waals surface area contributed by atoms with Crippen LogP contribution in [0, 0.1) is 22.7 Å². The Hall–Kier alpha value is -4.18. The van der Waals surface area contributed by atoms with Gasteiger partial charge in [-0.15, -0.1) is 0 Å². The minimum Gasteiger partial charge on any atom is -0.322 e.